The molecule has 0 saturated carbocycles. The third-order valence-corrected chi connectivity index (χ3v) is 3.86. The molecule has 1 aromatic rings. The zero-order chi connectivity index (χ0) is 13.8. The molecule has 4 heteroatoms. The van der Waals surface area contributed by atoms with Crippen LogP contribution in [0, 0.1) is 0 Å². The van der Waals surface area contributed by atoms with Gasteiger partial charge in [0, 0.05) is 29.3 Å². The van der Waals surface area contributed by atoms with Gasteiger partial charge in [0.05, 0.1) is 7.11 Å². The molecule has 0 fully saturated rings. The lowest BCUT2D eigenvalue weighted by Gasteiger charge is -2.21. The van der Waals surface area contributed by atoms with E-state index in [0.29, 0.717) is 0 Å². The third-order valence-electron chi connectivity index (χ3n) is 3.37. The van der Waals surface area contributed by atoms with Crippen LogP contribution >= 0.6 is 15.9 Å². The Morgan fingerprint density at radius 3 is 2.89 bits per heavy atom. The lowest BCUT2D eigenvalue weighted by atomic mass is 10.1. The molecular weight excluding hydrogens is 306 g/mol. The second kappa shape index (κ2) is 6.24. The Morgan fingerprint density at radius 1 is 1.37 bits per heavy atom. The first-order chi connectivity index (χ1) is 9.11. The zero-order valence-electron chi connectivity index (χ0n) is 11.3. The second-order valence-corrected chi connectivity index (χ2v) is 5.66. The average molecular weight is 324 g/mol. The number of methoxy groups -OCH3 is 1. The number of benzene rings is 1. The Morgan fingerprint density at radius 2 is 2.16 bits per heavy atom. The molecule has 1 heterocycles. The summed E-state index contributed by atoms with van der Waals surface area (Å²) in [5.41, 5.74) is 2.95. The van der Waals surface area contributed by atoms with Crippen molar-refractivity contribution in [2.45, 2.75) is 19.3 Å². The van der Waals surface area contributed by atoms with Crippen molar-refractivity contribution in [2.24, 2.45) is 0 Å². The summed E-state index contributed by atoms with van der Waals surface area (Å²) in [7, 11) is 3.52. The van der Waals surface area contributed by atoms with Gasteiger partial charge in [-0.2, -0.15) is 0 Å². The molecule has 0 aliphatic carbocycles. The van der Waals surface area contributed by atoms with Gasteiger partial charge in [-0.15, -0.1) is 0 Å². The fourth-order valence-electron chi connectivity index (χ4n) is 2.33. The van der Waals surface area contributed by atoms with Crippen LogP contribution in [0.4, 0.5) is 5.69 Å². The molecule has 0 atom stereocenters. The maximum atomic E-state index is 11.8. The molecule has 0 N–H and O–H groups in total. The summed E-state index contributed by atoms with van der Waals surface area (Å²) in [6, 6.07) is 6.15. The van der Waals surface area contributed by atoms with Gasteiger partial charge in [0.15, 0.2) is 0 Å². The van der Waals surface area contributed by atoms with Crippen molar-refractivity contribution in [3.63, 3.8) is 0 Å². The van der Waals surface area contributed by atoms with Gasteiger partial charge in [-0.3, -0.25) is 0 Å². The first kappa shape index (κ1) is 14.1. The number of carbonyl (C=O) groups excluding carboxylic acids is 1. The van der Waals surface area contributed by atoms with E-state index in [0.717, 1.165) is 47.1 Å². The smallest absolute Gasteiger partial charge is 0.333 e. The standard InChI is InChI=1S/C15H18BrNO2/c1-17-8-4-3-5-11(15(18)19-2)9-12-10-13(16)6-7-14(12)17/h6-7,9-10H,3-5,8H2,1-2H3. The highest BCUT2D eigenvalue weighted by Crippen LogP contribution is 2.29. The number of fused-ring (bicyclic) bond motifs is 1. The molecule has 0 saturated heterocycles. The topological polar surface area (TPSA) is 29.5 Å². The molecule has 3 nitrogen and oxygen atoms in total. The summed E-state index contributed by atoms with van der Waals surface area (Å²) in [4.78, 5) is 14.0. The number of nitrogens with zero attached hydrogens (tertiary/aromatic N) is 1. The molecule has 1 aliphatic heterocycles. The van der Waals surface area contributed by atoms with Crippen LogP contribution in [0.3, 0.4) is 0 Å². The van der Waals surface area contributed by atoms with E-state index in [1.807, 2.05) is 18.2 Å². The van der Waals surface area contributed by atoms with E-state index in [2.05, 4.69) is 33.9 Å². The van der Waals surface area contributed by atoms with Gasteiger partial charge in [0.1, 0.15) is 0 Å². The lowest BCUT2D eigenvalue weighted by Crippen LogP contribution is -2.18. The Hall–Kier alpha value is -1.29. The van der Waals surface area contributed by atoms with E-state index in [-0.39, 0.29) is 5.97 Å². The lowest BCUT2D eigenvalue weighted by molar-refractivity contribution is -0.136. The molecule has 102 valence electrons. The van der Waals surface area contributed by atoms with Gasteiger partial charge in [0.2, 0.25) is 0 Å². The molecule has 0 radical (unpaired) electrons. The van der Waals surface area contributed by atoms with Crippen molar-refractivity contribution in [1.29, 1.82) is 0 Å². The van der Waals surface area contributed by atoms with Crippen LogP contribution in [-0.2, 0) is 9.53 Å². The minimum absolute atomic E-state index is 0.226. The van der Waals surface area contributed by atoms with Crippen molar-refractivity contribution < 1.29 is 9.53 Å². The van der Waals surface area contributed by atoms with Gasteiger partial charge >= 0.3 is 5.97 Å². The van der Waals surface area contributed by atoms with Crippen LogP contribution in [-0.4, -0.2) is 26.7 Å². The van der Waals surface area contributed by atoms with Crippen molar-refractivity contribution in [3.05, 3.63) is 33.8 Å². The van der Waals surface area contributed by atoms with E-state index in [4.69, 9.17) is 4.74 Å². The third kappa shape index (κ3) is 3.38. The van der Waals surface area contributed by atoms with Gasteiger partial charge in [-0.05, 0) is 49.1 Å². The van der Waals surface area contributed by atoms with Crippen LogP contribution < -0.4 is 4.90 Å². The summed E-state index contributed by atoms with van der Waals surface area (Å²) in [5.74, 6) is -0.226. The highest BCUT2D eigenvalue weighted by Gasteiger charge is 2.15. The minimum Gasteiger partial charge on any atom is -0.466 e. The molecule has 19 heavy (non-hydrogen) atoms. The molecule has 0 amide bonds. The van der Waals surface area contributed by atoms with Crippen LogP contribution in [0.2, 0.25) is 0 Å². The Bertz CT molecular complexity index is 511. The molecule has 2 rings (SSSR count). The molecule has 1 aliphatic rings. The fraction of sp³-hybridized carbons (Fsp3) is 0.400. The number of ether oxygens (including phenoxy) is 1. The number of halogens is 1. The van der Waals surface area contributed by atoms with Gasteiger partial charge < -0.3 is 9.64 Å². The van der Waals surface area contributed by atoms with Crippen molar-refractivity contribution in [3.8, 4) is 0 Å². The minimum atomic E-state index is -0.226. The predicted molar refractivity (Wildman–Crippen MR) is 81.3 cm³/mol. The monoisotopic (exact) mass is 323 g/mol. The normalized spacial score (nSPS) is 15.7. The van der Waals surface area contributed by atoms with Crippen LogP contribution in [0.1, 0.15) is 24.8 Å². The number of anilines is 1. The van der Waals surface area contributed by atoms with E-state index in [1.54, 1.807) is 0 Å². The number of esters is 1. The van der Waals surface area contributed by atoms with Crippen molar-refractivity contribution in [1.82, 2.24) is 0 Å². The molecule has 1 aromatic carbocycles. The van der Waals surface area contributed by atoms with E-state index >= 15 is 0 Å². The quantitative estimate of drug-likeness (QED) is 0.739. The molecular formula is C15H18BrNO2. The summed E-state index contributed by atoms with van der Waals surface area (Å²) in [5, 5.41) is 0. The van der Waals surface area contributed by atoms with E-state index in [9.17, 15) is 4.79 Å². The van der Waals surface area contributed by atoms with Gasteiger partial charge in [-0.25, -0.2) is 4.79 Å². The molecule has 0 spiro atoms. The van der Waals surface area contributed by atoms with Crippen LogP contribution in [0.25, 0.3) is 6.08 Å². The molecule has 0 unspecified atom stereocenters. The maximum absolute atomic E-state index is 11.8. The van der Waals surface area contributed by atoms with Gasteiger partial charge in [0.25, 0.3) is 0 Å². The summed E-state index contributed by atoms with van der Waals surface area (Å²) < 4.78 is 5.88. The second-order valence-electron chi connectivity index (χ2n) is 4.74. The Labute approximate surface area is 122 Å². The van der Waals surface area contributed by atoms with Crippen LogP contribution in [0.5, 0.6) is 0 Å². The predicted octanol–water partition coefficient (Wildman–Crippen LogP) is 3.63. The maximum Gasteiger partial charge on any atom is 0.333 e. The largest absolute Gasteiger partial charge is 0.466 e. The van der Waals surface area contributed by atoms with Gasteiger partial charge in [-0.1, -0.05) is 15.9 Å². The number of carbonyl (C=O) groups is 1. The Kier molecular flexibility index (Phi) is 4.64. The van der Waals surface area contributed by atoms with Crippen molar-refractivity contribution in [2.75, 3.05) is 25.6 Å². The highest BCUT2D eigenvalue weighted by atomic mass is 79.9. The first-order valence-electron chi connectivity index (χ1n) is 6.41. The van der Waals surface area contributed by atoms with Crippen LogP contribution in [0.15, 0.2) is 28.2 Å². The number of rotatable bonds is 1. The number of hydrogen-bond donors (Lipinski definition) is 0. The average Bonchev–Trinajstić information content (AvgIpc) is 2.47. The highest BCUT2D eigenvalue weighted by molar-refractivity contribution is 9.10. The fourth-order valence-corrected chi connectivity index (χ4v) is 2.70. The SMILES string of the molecule is COC(=O)C1=Cc2cc(Br)ccc2N(C)CCCC1. The first-order valence-corrected chi connectivity index (χ1v) is 7.20. The summed E-state index contributed by atoms with van der Waals surface area (Å²) >= 11 is 3.48. The molecule has 0 aromatic heterocycles. The molecule has 0 bridgehead atoms. The summed E-state index contributed by atoms with van der Waals surface area (Å²) in [6.07, 6.45) is 4.79. The summed E-state index contributed by atoms with van der Waals surface area (Å²) in [6.45, 7) is 0.997. The zero-order valence-corrected chi connectivity index (χ0v) is 12.9. The Balaban J connectivity index is 2.49. The number of hydrogen-bond acceptors (Lipinski definition) is 3. The van der Waals surface area contributed by atoms with Crippen molar-refractivity contribution >= 4 is 33.7 Å². The van der Waals surface area contributed by atoms with E-state index in [1.165, 1.54) is 7.11 Å². The van der Waals surface area contributed by atoms with E-state index < -0.39 is 0 Å².